The van der Waals surface area contributed by atoms with Gasteiger partial charge in [-0.2, -0.15) is 0 Å². The maximum atomic E-state index is 3.59. The number of hydrogen-bond acceptors (Lipinski definition) is 2. The Labute approximate surface area is 116 Å². The Morgan fingerprint density at radius 3 is 2.44 bits per heavy atom. The standard InChI is InChI=1S/C12H11Br2NS/c1-15-12(10-6-7-11(14)16-10)8-4-2-3-5-9(8)13/h2-7,12,15H,1H3. The molecule has 0 radical (unpaired) electrons. The topological polar surface area (TPSA) is 12.0 Å². The normalized spacial score (nSPS) is 12.7. The molecule has 0 aliphatic heterocycles. The fourth-order valence-corrected chi connectivity index (χ4v) is 3.71. The molecule has 1 nitrogen and oxygen atoms in total. The number of benzene rings is 1. The van der Waals surface area contributed by atoms with Crippen LogP contribution in [0.3, 0.4) is 0 Å². The van der Waals surface area contributed by atoms with Gasteiger partial charge in [0.1, 0.15) is 0 Å². The molecule has 1 N–H and O–H groups in total. The molecule has 0 aliphatic rings. The van der Waals surface area contributed by atoms with E-state index in [-0.39, 0.29) is 6.04 Å². The van der Waals surface area contributed by atoms with Crippen molar-refractivity contribution in [3.63, 3.8) is 0 Å². The summed E-state index contributed by atoms with van der Waals surface area (Å²) in [6.07, 6.45) is 0. The van der Waals surface area contributed by atoms with Gasteiger partial charge in [-0.3, -0.25) is 0 Å². The Bertz CT molecular complexity index is 481. The van der Waals surface area contributed by atoms with E-state index in [1.807, 2.05) is 13.1 Å². The first kappa shape index (κ1) is 12.3. The molecule has 0 bridgehead atoms. The molecule has 1 aromatic carbocycles. The minimum atomic E-state index is 0.242. The van der Waals surface area contributed by atoms with E-state index >= 15 is 0 Å². The number of rotatable bonds is 3. The third-order valence-corrected chi connectivity index (χ3v) is 4.79. The van der Waals surface area contributed by atoms with E-state index in [9.17, 15) is 0 Å². The Balaban J connectivity index is 2.40. The average molecular weight is 361 g/mol. The second-order valence-corrected chi connectivity index (χ2v) is 6.73. The summed E-state index contributed by atoms with van der Waals surface area (Å²) in [5, 5.41) is 3.35. The molecule has 1 atom stereocenters. The summed E-state index contributed by atoms with van der Waals surface area (Å²) < 4.78 is 2.30. The lowest BCUT2D eigenvalue weighted by Gasteiger charge is -2.16. The molecule has 0 saturated heterocycles. The Hall–Kier alpha value is -0.160. The van der Waals surface area contributed by atoms with Crippen molar-refractivity contribution in [1.29, 1.82) is 0 Å². The molecule has 2 aromatic rings. The van der Waals surface area contributed by atoms with E-state index in [4.69, 9.17) is 0 Å². The first-order valence-corrected chi connectivity index (χ1v) is 7.29. The number of nitrogens with one attached hydrogen (secondary N) is 1. The second-order valence-electron chi connectivity index (χ2n) is 3.39. The van der Waals surface area contributed by atoms with Crippen molar-refractivity contribution in [2.24, 2.45) is 0 Å². The minimum absolute atomic E-state index is 0.242. The van der Waals surface area contributed by atoms with Crippen molar-refractivity contribution < 1.29 is 0 Å². The summed E-state index contributed by atoms with van der Waals surface area (Å²) in [6.45, 7) is 0. The van der Waals surface area contributed by atoms with Crippen LogP contribution in [0.4, 0.5) is 0 Å². The first-order valence-electron chi connectivity index (χ1n) is 4.89. The van der Waals surface area contributed by atoms with Crippen LogP contribution < -0.4 is 5.32 Å². The second kappa shape index (κ2) is 5.45. The predicted molar refractivity (Wildman–Crippen MR) is 77.1 cm³/mol. The Morgan fingerprint density at radius 1 is 1.12 bits per heavy atom. The van der Waals surface area contributed by atoms with E-state index in [2.05, 4.69) is 67.5 Å². The van der Waals surface area contributed by atoms with E-state index < -0.39 is 0 Å². The van der Waals surface area contributed by atoms with Gasteiger partial charge < -0.3 is 5.32 Å². The van der Waals surface area contributed by atoms with Gasteiger partial charge in [-0.05, 0) is 46.7 Å². The SMILES string of the molecule is CNC(c1ccc(Br)s1)c1ccccc1Br. The van der Waals surface area contributed by atoms with Crippen molar-refractivity contribution >= 4 is 43.2 Å². The third-order valence-electron chi connectivity index (χ3n) is 2.38. The maximum Gasteiger partial charge on any atom is 0.0702 e. The highest BCUT2D eigenvalue weighted by atomic mass is 79.9. The van der Waals surface area contributed by atoms with Crippen LogP contribution in [-0.4, -0.2) is 7.05 Å². The van der Waals surface area contributed by atoms with Gasteiger partial charge in [0.15, 0.2) is 0 Å². The molecule has 16 heavy (non-hydrogen) atoms. The quantitative estimate of drug-likeness (QED) is 0.844. The molecule has 1 heterocycles. The van der Waals surface area contributed by atoms with Crippen molar-refractivity contribution in [1.82, 2.24) is 5.32 Å². The van der Waals surface area contributed by atoms with Gasteiger partial charge in [0.05, 0.1) is 9.83 Å². The fraction of sp³-hybridized carbons (Fsp3) is 0.167. The van der Waals surface area contributed by atoms with Gasteiger partial charge in [-0.15, -0.1) is 11.3 Å². The summed E-state index contributed by atoms with van der Waals surface area (Å²) in [5.41, 5.74) is 1.26. The summed E-state index contributed by atoms with van der Waals surface area (Å²) in [7, 11) is 1.98. The zero-order chi connectivity index (χ0) is 11.5. The zero-order valence-corrected chi connectivity index (χ0v) is 12.7. The molecule has 0 amide bonds. The van der Waals surface area contributed by atoms with Crippen molar-refractivity contribution in [2.45, 2.75) is 6.04 Å². The van der Waals surface area contributed by atoms with Crippen LogP contribution in [0.25, 0.3) is 0 Å². The lowest BCUT2D eigenvalue weighted by molar-refractivity contribution is 0.701. The fourth-order valence-electron chi connectivity index (χ4n) is 1.64. The molecule has 84 valence electrons. The highest BCUT2D eigenvalue weighted by Gasteiger charge is 2.15. The molecular weight excluding hydrogens is 350 g/mol. The van der Waals surface area contributed by atoms with Gasteiger partial charge in [0.2, 0.25) is 0 Å². The molecule has 1 unspecified atom stereocenters. The zero-order valence-electron chi connectivity index (χ0n) is 8.71. The minimum Gasteiger partial charge on any atom is -0.309 e. The predicted octanol–water partition coefficient (Wildman–Crippen LogP) is 4.58. The van der Waals surface area contributed by atoms with Crippen LogP contribution in [0.2, 0.25) is 0 Å². The first-order chi connectivity index (χ1) is 7.72. The number of thiophene rings is 1. The van der Waals surface area contributed by atoms with Crippen LogP contribution >= 0.6 is 43.2 Å². The highest BCUT2D eigenvalue weighted by Crippen LogP contribution is 2.33. The van der Waals surface area contributed by atoms with Crippen molar-refractivity contribution in [3.05, 3.63) is 55.1 Å². The van der Waals surface area contributed by atoms with Crippen LogP contribution in [0.15, 0.2) is 44.7 Å². The molecule has 4 heteroatoms. The van der Waals surface area contributed by atoms with Gasteiger partial charge in [-0.25, -0.2) is 0 Å². The summed E-state index contributed by atoms with van der Waals surface area (Å²) in [4.78, 5) is 1.31. The largest absolute Gasteiger partial charge is 0.309 e. The van der Waals surface area contributed by atoms with Crippen LogP contribution in [0.5, 0.6) is 0 Å². The highest BCUT2D eigenvalue weighted by molar-refractivity contribution is 9.11. The molecular formula is C12H11Br2NS. The van der Waals surface area contributed by atoms with Gasteiger partial charge in [-0.1, -0.05) is 34.1 Å². The van der Waals surface area contributed by atoms with Crippen LogP contribution in [0, 0.1) is 0 Å². The molecule has 0 aliphatic carbocycles. The molecule has 0 saturated carbocycles. The summed E-state index contributed by atoms with van der Waals surface area (Å²) in [6, 6.07) is 12.8. The molecule has 0 spiro atoms. The van der Waals surface area contributed by atoms with Crippen LogP contribution in [-0.2, 0) is 0 Å². The van der Waals surface area contributed by atoms with Crippen LogP contribution in [0.1, 0.15) is 16.5 Å². The Kier molecular flexibility index (Phi) is 4.19. The number of hydrogen-bond donors (Lipinski definition) is 1. The van der Waals surface area contributed by atoms with Crippen molar-refractivity contribution in [3.8, 4) is 0 Å². The van der Waals surface area contributed by atoms with E-state index in [1.54, 1.807) is 11.3 Å². The third kappa shape index (κ3) is 2.56. The molecule has 2 rings (SSSR count). The van der Waals surface area contributed by atoms with E-state index in [0.29, 0.717) is 0 Å². The van der Waals surface area contributed by atoms with E-state index in [0.717, 1.165) is 8.26 Å². The smallest absolute Gasteiger partial charge is 0.0702 e. The number of halogens is 2. The summed E-state index contributed by atoms with van der Waals surface area (Å²) >= 11 is 8.85. The lowest BCUT2D eigenvalue weighted by atomic mass is 10.1. The lowest BCUT2D eigenvalue weighted by Crippen LogP contribution is -2.16. The average Bonchev–Trinajstić information content (AvgIpc) is 2.69. The molecule has 0 fully saturated rings. The van der Waals surface area contributed by atoms with Crippen molar-refractivity contribution in [2.75, 3.05) is 7.05 Å². The van der Waals surface area contributed by atoms with Gasteiger partial charge >= 0.3 is 0 Å². The monoisotopic (exact) mass is 359 g/mol. The van der Waals surface area contributed by atoms with Gasteiger partial charge in [0, 0.05) is 9.35 Å². The molecule has 1 aromatic heterocycles. The van der Waals surface area contributed by atoms with Gasteiger partial charge in [0.25, 0.3) is 0 Å². The summed E-state index contributed by atoms with van der Waals surface area (Å²) in [5.74, 6) is 0. The Morgan fingerprint density at radius 2 is 1.88 bits per heavy atom. The maximum absolute atomic E-state index is 3.59. The van der Waals surface area contributed by atoms with E-state index in [1.165, 1.54) is 10.4 Å².